The number of rotatable bonds is 8. The third-order valence-corrected chi connectivity index (χ3v) is 17.1. The minimum absolute atomic E-state index is 0.726. The topological polar surface area (TPSA) is 103 Å². The van der Waals surface area contributed by atoms with Gasteiger partial charge in [0, 0.05) is 53.1 Å². The first-order chi connectivity index (χ1) is 42.0. The normalized spacial score (nSPS) is 11.4. The van der Waals surface area contributed by atoms with Gasteiger partial charge in [0.05, 0.1) is 11.4 Å². The third-order valence-electron chi connectivity index (χ3n) is 15.7. The molecule has 0 atom stereocenters. The van der Waals surface area contributed by atoms with Gasteiger partial charge in [0.15, 0.2) is 34.9 Å². The van der Waals surface area contributed by atoms with Gasteiger partial charge in [-0.1, -0.05) is 287 Å². The Kier molecular flexibility index (Phi) is 13.3. The van der Waals surface area contributed by atoms with Crippen LogP contribution in [0.1, 0.15) is 0 Å². The van der Waals surface area contributed by atoms with Crippen LogP contribution in [0.4, 0.5) is 0 Å². The van der Waals surface area contributed by atoms with Gasteiger partial charge >= 0.3 is 0 Å². The highest BCUT2D eigenvalue weighted by Gasteiger charge is 2.24. The summed E-state index contributed by atoms with van der Waals surface area (Å²) >= 11 is 7.30. The van der Waals surface area contributed by atoms with Crippen molar-refractivity contribution in [2.45, 2.75) is 0 Å². The summed E-state index contributed by atoms with van der Waals surface area (Å²) < 4.78 is 6.73. The Hall–Kier alpha value is -10.5. The Morgan fingerprint density at radius 2 is 0.553 bits per heavy atom. The molecule has 0 aliphatic carbocycles. The molecule has 0 bridgehead atoms. The zero-order valence-corrected chi connectivity index (χ0v) is 48.6. The fraction of sp³-hybridized carbons (Fsp3) is 0. The van der Waals surface area contributed by atoms with Crippen LogP contribution in [-0.2, 0) is 0 Å². The van der Waals surface area contributed by atoms with Gasteiger partial charge in [-0.15, -0.1) is 20.4 Å². The van der Waals surface area contributed by atoms with E-state index in [0.29, 0.717) is 0 Å². The summed E-state index contributed by atoms with van der Waals surface area (Å²) in [6, 6.07) is 96.2. The van der Waals surface area contributed by atoms with E-state index >= 15 is 0 Å². The predicted octanol–water partition coefficient (Wildman–Crippen LogP) is 19.7. The molecule has 0 fully saturated rings. The van der Waals surface area contributed by atoms with Crippen molar-refractivity contribution in [2.75, 3.05) is 0 Å². The van der Waals surface area contributed by atoms with E-state index in [1.165, 1.54) is 53.9 Å². The molecule has 17 aromatic rings. The molecule has 11 heteroatoms. The van der Waals surface area contributed by atoms with Crippen LogP contribution in [0.5, 0.6) is 0 Å². The minimum Gasteiger partial charge on any atom is -0.274 e. The molecule has 17 rings (SSSR count). The van der Waals surface area contributed by atoms with Crippen molar-refractivity contribution in [3.05, 3.63) is 288 Å². The van der Waals surface area contributed by atoms with Crippen LogP contribution in [0.25, 0.3) is 144 Å². The molecule has 0 radical (unpaired) electrons. The third kappa shape index (κ3) is 9.36. The highest BCUT2D eigenvalue weighted by atomic mass is 79.9. The van der Waals surface area contributed by atoms with Crippen molar-refractivity contribution in [1.29, 1.82) is 0 Å². The highest BCUT2D eigenvalue weighted by Crippen LogP contribution is 2.44. The van der Waals surface area contributed by atoms with Crippen LogP contribution in [0.2, 0.25) is 0 Å². The van der Waals surface area contributed by atoms with E-state index in [1.807, 2.05) is 133 Å². The van der Waals surface area contributed by atoms with Gasteiger partial charge in [0.2, 0.25) is 0 Å². The number of benzene rings is 14. The van der Waals surface area contributed by atoms with Gasteiger partial charge in [-0.05, 0) is 78.1 Å². The van der Waals surface area contributed by atoms with Gasteiger partial charge in [0.1, 0.15) is 0 Å². The van der Waals surface area contributed by atoms with Crippen molar-refractivity contribution in [3.8, 4) is 79.7 Å². The van der Waals surface area contributed by atoms with Crippen LogP contribution >= 0.6 is 31.9 Å². The van der Waals surface area contributed by atoms with E-state index in [0.717, 1.165) is 99.4 Å². The second-order valence-corrected chi connectivity index (χ2v) is 22.4. The summed E-state index contributed by atoms with van der Waals surface area (Å²) in [5, 5.41) is 41.1. The van der Waals surface area contributed by atoms with E-state index in [1.54, 1.807) is 0 Å². The summed E-state index contributed by atoms with van der Waals surface area (Å²) in [5.41, 5.74) is 8.13. The molecule has 85 heavy (non-hydrogen) atoms. The Bertz CT molecular complexity index is 4750. The second-order valence-electron chi connectivity index (χ2n) is 20.7. The fourth-order valence-electron chi connectivity index (χ4n) is 11.7. The number of hydrogen-bond acceptors (Lipinski definition) is 6. The van der Waals surface area contributed by atoms with Gasteiger partial charge in [-0.25, -0.2) is 4.98 Å². The molecule has 0 spiro atoms. The van der Waals surface area contributed by atoms with Crippen molar-refractivity contribution in [2.24, 2.45) is 0 Å². The van der Waals surface area contributed by atoms with E-state index in [4.69, 9.17) is 20.4 Å². The van der Waals surface area contributed by atoms with Crippen molar-refractivity contribution >= 4 is 96.5 Å². The quantitative estimate of drug-likeness (QED) is 0.152. The minimum atomic E-state index is 0.726. The molecule has 3 heterocycles. The summed E-state index contributed by atoms with van der Waals surface area (Å²) in [4.78, 5) is 4.48. The first-order valence-electron chi connectivity index (χ1n) is 27.9. The maximum Gasteiger partial charge on any atom is 0.181 e. The molecule has 0 saturated heterocycles. The average Bonchev–Trinajstić information content (AvgIpc) is 2.21. The van der Waals surface area contributed by atoms with Crippen LogP contribution in [0, 0.1) is 0 Å². The second kappa shape index (κ2) is 22.0. The number of aromatic nitrogens is 9. The average molecular weight is 1220 g/mol. The lowest BCUT2D eigenvalue weighted by Crippen LogP contribution is -2.03. The molecular weight excluding hydrogens is 1170 g/mol. The number of nitrogens with one attached hydrogen (secondary N) is 1. The SMILES string of the molecule is Brc1ccc2ccc3c(Br)ccc4ccc1c2c43.c1ccc(-c2n[nH]c(-c3ccccc3)n2)cc1.c1ccc(-c2nnc(-c3ccccc3)n2-c2ccc3ccc4c(-n5c(-c6ccccc6)nnc5-c5ccccc5)ccc5ccc2c3c54)cc1. The molecule has 0 unspecified atom stereocenters. The van der Waals surface area contributed by atoms with Crippen molar-refractivity contribution in [3.63, 3.8) is 0 Å². The summed E-state index contributed by atoms with van der Waals surface area (Å²) in [6.07, 6.45) is 0. The van der Waals surface area contributed by atoms with E-state index < -0.39 is 0 Å². The molecule has 14 aromatic carbocycles. The zero-order chi connectivity index (χ0) is 56.8. The molecule has 3 aromatic heterocycles. The molecule has 0 aliphatic rings. The summed E-state index contributed by atoms with van der Waals surface area (Å²) in [6.45, 7) is 0. The van der Waals surface area contributed by atoms with Crippen molar-refractivity contribution in [1.82, 2.24) is 44.7 Å². The van der Waals surface area contributed by atoms with E-state index in [2.05, 4.69) is 202 Å². The number of aromatic amines is 1. The standard InChI is InChI=1S/C44H28N6.C16H8Br2.C14H11N3/c1-5-13-31(14-6-1)41-45-46-42(32-15-7-2-8-16-32)49(41)37-27-23-29-22-26-36-38(28-24-30-21-25-35(37)39(29)40(30)36)50-43(33-17-9-3-10-18-33)47-48-44(50)34-19-11-4-12-20-34;17-13-8-4-10-2-6-12-14(18)7-3-9-1-5-11(13)16(10)15(9)12;1-3-7-11(8-4-1)13-15-14(17-16-13)12-9-5-2-6-10-12/h1-28H;1-8H;1-10H,(H,15,16,17). The molecular formula is C74H47Br2N9. The molecule has 402 valence electrons. The Balaban J connectivity index is 0.000000141. The Morgan fingerprint density at radius 3 is 0.906 bits per heavy atom. The first-order valence-corrected chi connectivity index (χ1v) is 29.5. The lowest BCUT2D eigenvalue weighted by atomic mass is 9.92. The Labute approximate surface area is 505 Å². The van der Waals surface area contributed by atoms with Crippen LogP contribution in [0.3, 0.4) is 0 Å². The summed E-state index contributed by atoms with van der Waals surface area (Å²) in [5.74, 6) is 4.71. The Morgan fingerprint density at radius 1 is 0.271 bits per heavy atom. The van der Waals surface area contributed by atoms with Crippen LogP contribution < -0.4 is 0 Å². The summed E-state index contributed by atoms with van der Waals surface area (Å²) in [7, 11) is 0. The highest BCUT2D eigenvalue weighted by molar-refractivity contribution is 9.11. The van der Waals surface area contributed by atoms with E-state index in [-0.39, 0.29) is 0 Å². The van der Waals surface area contributed by atoms with Crippen LogP contribution in [-0.4, -0.2) is 44.7 Å². The number of H-pyrrole nitrogens is 1. The van der Waals surface area contributed by atoms with Crippen molar-refractivity contribution < 1.29 is 0 Å². The van der Waals surface area contributed by atoms with Gasteiger partial charge in [0.25, 0.3) is 0 Å². The van der Waals surface area contributed by atoms with Gasteiger partial charge in [-0.2, -0.15) is 5.10 Å². The van der Waals surface area contributed by atoms with Gasteiger partial charge in [-0.3, -0.25) is 14.2 Å². The smallest absolute Gasteiger partial charge is 0.181 e. The molecule has 9 nitrogen and oxygen atoms in total. The lowest BCUT2D eigenvalue weighted by molar-refractivity contribution is 1.08. The fourth-order valence-corrected chi connectivity index (χ4v) is 12.6. The van der Waals surface area contributed by atoms with E-state index in [9.17, 15) is 0 Å². The molecule has 0 amide bonds. The predicted molar refractivity (Wildman–Crippen MR) is 355 cm³/mol. The van der Waals surface area contributed by atoms with Gasteiger partial charge < -0.3 is 0 Å². The maximum atomic E-state index is 4.77. The molecule has 0 saturated carbocycles. The number of halogens is 2. The van der Waals surface area contributed by atoms with Crippen LogP contribution in [0.15, 0.2) is 288 Å². The monoisotopic (exact) mass is 1220 g/mol. The number of nitrogens with zero attached hydrogens (tertiary/aromatic N) is 8. The zero-order valence-electron chi connectivity index (χ0n) is 45.4. The number of hydrogen-bond donors (Lipinski definition) is 1. The lowest BCUT2D eigenvalue weighted by Gasteiger charge is -2.19. The largest absolute Gasteiger partial charge is 0.274 e. The molecule has 1 N–H and O–H groups in total. The first kappa shape index (κ1) is 51.4. The molecule has 0 aliphatic heterocycles. The maximum absolute atomic E-state index is 4.77.